The molecule has 2 aromatic heterocycles. The van der Waals surface area contributed by atoms with E-state index < -0.39 is 0 Å². The number of methoxy groups -OCH3 is 1. The Morgan fingerprint density at radius 1 is 0.759 bits per heavy atom. The van der Waals surface area contributed by atoms with Gasteiger partial charge in [0.2, 0.25) is 11.8 Å². The van der Waals surface area contributed by atoms with Crippen molar-refractivity contribution in [2.24, 2.45) is 0 Å². The summed E-state index contributed by atoms with van der Waals surface area (Å²) in [5, 5.41) is 0. The number of hydrogen-bond donors (Lipinski definition) is 0. The maximum atomic E-state index is 6.00. The van der Waals surface area contributed by atoms with E-state index in [4.69, 9.17) is 14.2 Å². The van der Waals surface area contributed by atoms with Crippen molar-refractivity contribution in [2.45, 2.75) is 6.61 Å². The molecule has 0 aliphatic carbocycles. The SMILES string of the molecule is COc1ccccc1-c1cccnc1Oc1ccc(OCc2ccccc2)nc1. The molecule has 0 saturated heterocycles. The Morgan fingerprint density at radius 3 is 2.34 bits per heavy atom. The first-order valence-corrected chi connectivity index (χ1v) is 9.22. The minimum absolute atomic E-state index is 0.465. The van der Waals surface area contributed by atoms with Crippen LogP contribution in [0.5, 0.6) is 23.3 Å². The lowest BCUT2D eigenvalue weighted by atomic mass is 10.1. The van der Waals surface area contributed by atoms with Crippen LogP contribution in [-0.2, 0) is 6.61 Å². The lowest BCUT2D eigenvalue weighted by Crippen LogP contribution is -1.97. The quantitative estimate of drug-likeness (QED) is 0.420. The topological polar surface area (TPSA) is 53.5 Å². The van der Waals surface area contributed by atoms with Crippen LogP contribution in [-0.4, -0.2) is 17.1 Å². The monoisotopic (exact) mass is 384 g/mol. The van der Waals surface area contributed by atoms with Gasteiger partial charge in [-0.15, -0.1) is 0 Å². The minimum atomic E-state index is 0.465. The van der Waals surface area contributed by atoms with Crippen LogP contribution in [0.25, 0.3) is 11.1 Å². The van der Waals surface area contributed by atoms with Crippen LogP contribution >= 0.6 is 0 Å². The molecule has 0 unspecified atom stereocenters. The Morgan fingerprint density at radius 2 is 1.55 bits per heavy atom. The van der Waals surface area contributed by atoms with Crippen molar-refractivity contribution in [1.29, 1.82) is 0 Å². The van der Waals surface area contributed by atoms with Crippen LogP contribution in [0.15, 0.2) is 91.3 Å². The number of ether oxygens (including phenoxy) is 3. The minimum Gasteiger partial charge on any atom is -0.496 e. The summed E-state index contributed by atoms with van der Waals surface area (Å²) in [5.74, 6) is 2.35. The average Bonchev–Trinajstić information content (AvgIpc) is 2.80. The summed E-state index contributed by atoms with van der Waals surface area (Å²) in [4.78, 5) is 8.71. The Bertz CT molecular complexity index is 1070. The first-order chi connectivity index (χ1) is 14.3. The highest BCUT2D eigenvalue weighted by molar-refractivity contribution is 5.74. The summed E-state index contributed by atoms with van der Waals surface area (Å²) >= 11 is 0. The fraction of sp³-hybridized carbons (Fsp3) is 0.0833. The second-order valence-corrected chi connectivity index (χ2v) is 6.26. The molecule has 0 fully saturated rings. The van der Waals surface area contributed by atoms with Gasteiger partial charge in [-0.3, -0.25) is 0 Å². The zero-order chi connectivity index (χ0) is 19.9. The van der Waals surface area contributed by atoms with Crippen LogP contribution in [0, 0.1) is 0 Å². The van der Waals surface area contributed by atoms with E-state index in [9.17, 15) is 0 Å². The van der Waals surface area contributed by atoms with Crippen molar-refractivity contribution in [3.8, 4) is 34.4 Å². The summed E-state index contributed by atoms with van der Waals surface area (Å²) in [5.41, 5.74) is 2.84. The van der Waals surface area contributed by atoms with Crippen LogP contribution in [0.1, 0.15) is 5.56 Å². The van der Waals surface area contributed by atoms with Gasteiger partial charge in [-0.25, -0.2) is 9.97 Å². The van der Waals surface area contributed by atoms with Crippen LogP contribution in [0.3, 0.4) is 0 Å². The van der Waals surface area contributed by atoms with Gasteiger partial charge >= 0.3 is 0 Å². The van der Waals surface area contributed by atoms with E-state index in [-0.39, 0.29) is 0 Å². The fourth-order valence-electron chi connectivity index (χ4n) is 2.90. The highest BCUT2D eigenvalue weighted by Gasteiger charge is 2.13. The summed E-state index contributed by atoms with van der Waals surface area (Å²) in [6.07, 6.45) is 3.32. The normalized spacial score (nSPS) is 10.4. The Hall–Kier alpha value is -3.86. The largest absolute Gasteiger partial charge is 0.496 e. The first kappa shape index (κ1) is 18.5. The van der Waals surface area contributed by atoms with E-state index in [0.717, 1.165) is 22.4 Å². The predicted octanol–water partition coefficient (Wildman–Crippen LogP) is 5.52. The summed E-state index contributed by atoms with van der Waals surface area (Å²) in [6.45, 7) is 0.465. The number of para-hydroxylation sites is 1. The number of aromatic nitrogens is 2. The molecule has 144 valence electrons. The molecule has 2 aromatic carbocycles. The van der Waals surface area contributed by atoms with E-state index in [1.165, 1.54) is 0 Å². The Balaban J connectivity index is 1.50. The van der Waals surface area contributed by atoms with Crippen LogP contribution < -0.4 is 14.2 Å². The van der Waals surface area contributed by atoms with Crippen molar-refractivity contribution < 1.29 is 14.2 Å². The molecule has 4 rings (SSSR count). The molecule has 0 bridgehead atoms. The second-order valence-electron chi connectivity index (χ2n) is 6.26. The number of hydrogen-bond acceptors (Lipinski definition) is 5. The molecule has 2 heterocycles. The van der Waals surface area contributed by atoms with Gasteiger partial charge in [0.05, 0.1) is 13.3 Å². The molecule has 0 N–H and O–H groups in total. The predicted molar refractivity (Wildman–Crippen MR) is 111 cm³/mol. The van der Waals surface area contributed by atoms with E-state index in [0.29, 0.717) is 24.1 Å². The average molecular weight is 384 g/mol. The second kappa shape index (κ2) is 8.89. The van der Waals surface area contributed by atoms with Crippen LogP contribution in [0.4, 0.5) is 0 Å². The zero-order valence-electron chi connectivity index (χ0n) is 16.0. The Labute approximate surface area is 169 Å². The molecule has 29 heavy (non-hydrogen) atoms. The number of benzene rings is 2. The van der Waals surface area contributed by atoms with Gasteiger partial charge in [-0.05, 0) is 29.8 Å². The number of pyridine rings is 2. The Kier molecular flexibility index (Phi) is 5.67. The highest BCUT2D eigenvalue weighted by Crippen LogP contribution is 2.36. The molecule has 0 spiro atoms. The van der Waals surface area contributed by atoms with Crippen molar-refractivity contribution in [3.05, 3.63) is 96.8 Å². The molecule has 0 atom stereocenters. The third-order valence-electron chi connectivity index (χ3n) is 4.32. The maximum Gasteiger partial charge on any atom is 0.227 e. The van der Waals surface area contributed by atoms with Gasteiger partial charge in [0.1, 0.15) is 18.1 Å². The van der Waals surface area contributed by atoms with Gasteiger partial charge < -0.3 is 14.2 Å². The van der Waals surface area contributed by atoms with Crippen LogP contribution in [0.2, 0.25) is 0 Å². The summed E-state index contributed by atoms with van der Waals surface area (Å²) < 4.78 is 17.2. The molecule has 5 nitrogen and oxygen atoms in total. The molecular formula is C24H20N2O3. The van der Waals surface area contributed by atoms with Gasteiger partial charge in [-0.1, -0.05) is 48.5 Å². The van der Waals surface area contributed by atoms with Gasteiger partial charge in [0, 0.05) is 23.4 Å². The van der Waals surface area contributed by atoms with Crippen molar-refractivity contribution in [2.75, 3.05) is 7.11 Å². The third kappa shape index (κ3) is 4.52. The highest BCUT2D eigenvalue weighted by atomic mass is 16.5. The fourth-order valence-corrected chi connectivity index (χ4v) is 2.90. The number of rotatable bonds is 7. The third-order valence-corrected chi connectivity index (χ3v) is 4.32. The van der Waals surface area contributed by atoms with E-state index in [1.807, 2.05) is 72.8 Å². The molecule has 0 amide bonds. The first-order valence-electron chi connectivity index (χ1n) is 9.22. The molecule has 0 radical (unpaired) electrons. The maximum absolute atomic E-state index is 6.00. The van der Waals surface area contributed by atoms with Gasteiger partial charge in [0.15, 0.2) is 0 Å². The molecule has 0 saturated carbocycles. The molecule has 0 aliphatic rings. The standard InChI is InChI=1S/C24H20N2O3/c1-27-22-12-6-5-10-20(22)21-11-7-15-25-24(21)29-19-13-14-23(26-16-19)28-17-18-8-3-2-4-9-18/h2-16H,17H2,1H3. The van der Waals surface area contributed by atoms with Gasteiger partial charge in [0.25, 0.3) is 0 Å². The zero-order valence-corrected chi connectivity index (χ0v) is 16.0. The van der Waals surface area contributed by atoms with Crippen molar-refractivity contribution in [3.63, 3.8) is 0 Å². The lowest BCUT2D eigenvalue weighted by Gasteiger charge is -2.13. The smallest absolute Gasteiger partial charge is 0.227 e. The van der Waals surface area contributed by atoms with Crippen molar-refractivity contribution >= 4 is 0 Å². The summed E-state index contributed by atoms with van der Waals surface area (Å²) in [6, 6.07) is 25.1. The van der Waals surface area contributed by atoms with Gasteiger partial charge in [-0.2, -0.15) is 0 Å². The summed E-state index contributed by atoms with van der Waals surface area (Å²) in [7, 11) is 1.65. The molecule has 5 heteroatoms. The van der Waals surface area contributed by atoms with Crippen molar-refractivity contribution in [1.82, 2.24) is 9.97 Å². The molecule has 0 aliphatic heterocycles. The lowest BCUT2D eigenvalue weighted by molar-refractivity contribution is 0.293. The molecule has 4 aromatic rings. The number of nitrogens with zero attached hydrogens (tertiary/aromatic N) is 2. The molecular weight excluding hydrogens is 364 g/mol. The van der Waals surface area contributed by atoms with E-state index in [1.54, 1.807) is 25.6 Å². The van der Waals surface area contributed by atoms with E-state index in [2.05, 4.69) is 9.97 Å². The van der Waals surface area contributed by atoms with E-state index >= 15 is 0 Å².